The van der Waals surface area contributed by atoms with E-state index in [1.807, 2.05) is 26.8 Å². The summed E-state index contributed by atoms with van der Waals surface area (Å²) in [6.07, 6.45) is 0. The third-order valence-electron chi connectivity index (χ3n) is 2.53. The zero-order valence-corrected chi connectivity index (χ0v) is 8.03. The van der Waals surface area contributed by atoms with Crippen LogP contribution in [0, 0.1) is 26.6 Å². The fourth-order valence-corrected chi connectivity index (χ4v) is 1.66. The summed E-state index contributed by atoms with van der Waals surface area (Å²) in [4.78, 5) is 3.02. The van der Waals surface area contributed by atoms with E-state index in [0.29, 0.717) is 5.52 Å². The Bertz CT molecular complexity index is 468. The van der Waals surface area contributed by atoms with Gasteiger partial charge in [0.1, 0.15) is 5.82 Å². The van der Waals surface area contributed by atoms with Gasteiger partial charge in [0.2, 0.25) is 0 Å². The van der Waals surface area contributed by atoms with Crippen molar-refractivity contribution in [3.05, 3.63) is 34.8 Å². The first kappa shape index (κ1) is 8.30. The molecule has 13 heavy (non-hydrogen) atoms. The Balaban J connectivity index is 2.95. The van der Waals surface area contributed by atoms with Crippen molar-refractivity contribution in [1.29, 1.82) is 0 Å². The molecular formula is C11H12FN. The number of fused-ring (bicyclic) bond motifs is 1. The minimum atomic E-state index is -0.161. The summed E-state index contributed by atoms with van der Waals surface area (Å²) in [7, 11) is 0. The Hall–Kier alpha value is -1.31. The third kappa shape index (κ3) is 1.13. The lowest BCUT2D eigenvalue weighted by molar-refractivity contribution is 0.635. The van der Waals surface area contributed by atoms with E-state index >= 15 is 0 Å². The second-order valence-corrected chi connectivity index (χ2v) is 3.54. The van der Waals surface area contributed by atoms with Crippen molar-refractivity contribution < 1.29 is 4.39 Å². The maximum absolute atomic E-state index is 13.4. The molecule has 2 rings (SSSR count). The zero-order valence-electron chi connectivity index (χ0n) is 8.03. The van der Waals surface area contributed by atoms with Gasteiger partial charge in [0.15, 0.2) is 0 Å². The van der Waals surface area contributed by atoms with Gasteiger partial charge in [-0.2, -0.15) is 0 Å². The van der Waals surface area contributed by atoms with Crippen molar-refractivity contribution in [1.82, 2.24) is 4.98 Å². The number of hydrogen-bond acceptors (Lipinski definition) is 0. The fourth-order valence-electron chi connectivity index (χ4n) is 1.66. The van der Waals surface area contributed by atoms with E-state index in [0.717, 1.165) is 22.2 Å². The average Bonchev–Trinajstić information content (AvgIpc) is 2.44. The second-order valence-electron chi connectivity index (χ2n) is 3.54. The van der Waals surface area contributed by atoms with Crippen LogP contribution in [-0.4, -0.2) is 4.98 Å². The van der Waals surface area contributed by atoms with E-state index in [2.05, 4.69) is 4.98 Å². The summed E-state index contributed by atoms with van der Waals surface area (Å²) in [5, 5.41) is 0.995. The standard InChI is InChI=1S/C11H12FN/c1-6-4-10(12)11-9(8(6)3)5-7(2)13-11/h4-5,13H,1-3H3. The Kier molecular flexibility index (Phi) is 1.65. The first-order chi connectivity index (χ1) is 6.09. The molecule has 0 atom stereocenters. The molecule has 0 unspecified atom stereocenters. The van der Waals surface area contributed by atoms with E-state index in [-0.39, 0.29) is 5.82 Å². The second kappa shape index (κ2) is 2.59. The van der Waals surface area contributed by atoms with Crippen LogP contribution in [-0.2, 0) is 0 Å². The molecule has 1 heterocycles. The van der Waals surface area contributed by atoms with Crippen molar-refractivity contribution in [2.75, 3.05) is 0 Å². The summed E-state index contributed by atoms with van der Waals surface area (Å²) >= 11 is 0. The molecule has 0 aliphatic heterocycles. The molecule has 68 valence electrons. The SMILES string of the molecule is Cc1cc2c(C)c(C)cc(F)c2[nH]1. The van der Waals surface area contributed by atoms with Gasteiger partial charge in [-0.1, -0.05) is 0 Å². The molecule has 1 nitrogen and oxygen atoms in total. The van der Waals surface area contributed by atoms with Gasteiger partial charge in [0.25, 0.3) is 0 Å². The molecule has 1 N–H and O–H groups in total. The van der Waals surface area contributed by atoms with Crippen molar-refractivity contribution in [2.24, 2.45) is 0 Å². The number of nitrogens with one attached hydrogen (secondary N) is 1. The highest BCUT2D eigenvalue weighted by atomic mass is 19.1. The predicted molar refractivity (Wildman–Crippen MR) is 52.5 cm³/mol. The van der Waals surface area contributed by atoms with Crippen LogP contribution in [0.5, 0.6) is 0 Å². The molecule has 0 saturated carbocycles. The summed E-state index contributed by atoms with van der Waals surface area (Å²) < 4.78 is 13.4. The number of aromatic amines is 1. The van der Waals surface area contributed by atoms with Gasteiger partial charge < -0.3 is 4.98 Å². The number of aryl methyl sites for hydroxylation is 3. The first-order valence-corrected chi connectivity index (χ1v) is 4.34. The Morgan fingerprint density at radius 3 is 2.54 bits per heavy atom. The Morgan fingerprint density at radius 1 is 1.15 bits per heavy atom. The Morgan fingerprint density at radius 2 is 1.85 bits per heavy atom. The molecule has 0 amide bonds. The van der Waals surface area contributed by atoms with Crippen LogP contribution in [0.15, 0.2) is 12.1 Å². The van der Waals surface area contributed by atoms with Gasteiger partial charge in [0, 0.05) is 11.1 Å². The molecule has 0 aliphatic rings. The molecule has 0 radical (unpaired) electrons. The summed E-state index contributed by atoms with van der Waals surface area (Å²) in [6, 6.07) is 3.56. The molecule has 2 aromatic rings. The van der Waals surface area contributed by atoms with Crippen molar-refractivity contribution >= 4 is 10.9 Å². The minimum absolute atomic E-state index is 0.161. The molecular weight excluding hydrogens is 165 g/mol. The molecule has 1 aromatic heterocycles. The average molecular weight is 177 g/mol. The lowest BCUT2D eigenvalue weighted by atomic mass is 10.1. The lowest BCUT2D eigenvalue weighted by Crippen LogP contribution is -1.86. The van der Waals surface area contributed by atoms with Crippen molar-refractivity contribution in [3.8, 4) is 0 Å². The van der Waals surface area contributed by atoms with E-state index < -0.39 is 0 Å². The van der Waals surface area contributed by atoms with Crippen LogP contribution in [0.25, 0.3) is 10.9 Å². The summed E-state index contributed by atoms with van der Waals surface area (Å²) in [6.45, 7) is 5.89. The van der Waals surface area contributed by atoms with Crippen LogP contribution in [0.2, 0.25) is 0 Å². The highest BCUT2D eigenvalue weighted by Gasteiger charge is 2.08. The summed E-state index contributed by atoms with van der Waals surface area (Å²) in [5.74, 6) is -0.161. The molecule has 0 bridgehead atoms. The normalized spacial score (nSPS) is 11.1. The third-order valence-corrected chi connectivity index (χ3v) is 2.53. The highest BCUT2D eigenvalue weighted by molar-refractivity contribution is 5.85. The van der Waals surface area contributed by atoms with Crippen LogP contribution in [0.1, 0.15) is 16.8 Å². The number of H-pyrrole nitrogens is 1. The number of rotatable bonds is 0. The molecule has 2 heteroatoms. The maximum Gasteiger partial charge on any atom is 0.147 e. The van der Waals surface area contributed by atoms with Crippen LogP contribution in [0.4, 0.5) is 4.39 Å². The first-order valence-electron chi connectivity index (χ1n) is 4.34. The monoisotopic (exact) mass is 177 g/mol. The molecule has 1 aromatic carbocycles. The van der Waals surface area contributed by atoms with Gasteiger partial charge in [-0.25, -0.2) is 4.39 Å². The van der Waals surface area contributed by atoms with Gasteiger partial charge in [0.05, 0.1) is 5.52 Å². The van der Waals surface area contributed by atoms with Crippen molar-refractivity contribution in [3.63, 3.8) is 0 Å². The lowest BCUT2D eigenvalue weighted by Gasteiger charge is -2.01. The molecule has 0 spiro atoms. The minimum Gasteiger partial charge on any atom is -0.356 e. The smallest absolute Gasteiger partial charge is 0.147 e. The van der Waals surface area contributed by atoms with Crippen molar-refractivity contribution in [2.45, 2.75) is 20.8 Å². The number of hydrogen-bond donors (Lipinski definition) is 1. The number of aromatic nitrogens is 1. The van der Waals surface area contributed by atoms with E-state index in [4.69, 9.17) is 0 Å². The largest absolute Gasteiger partial charge is 0.356 e. The predicted octanol–water partition coefficient (Wildman–Crippen LogP) is 3.23. The number of benzene rings is 1. The van der Waals surface area contributed by atoms with Gasteiger partial charge >= 0.3 is 0 Å². The Labute approximate surface area is 76.6 Å². The van der Waals surface area contributed by atoms with E-state index in [1.54, 1.807) is 6.07 Å². The van der Waals surface area contributed by atoms with Crippen LogP contribution >= 0.6 is 0 Å². The van der Waals surface area contributed by atoms with Gasteiger partial charge in [-0.05, 0) is 44.0 Å². The summed E-state index contributed by atoms with van der Waals surface area (Å²) in [5.41, 5.74) is 3.79. The molecule has 0 aliphatic carbocycles. The van der Waals surface area contributed by atoms with Crippen LogP contribution < -0.4 is 0 Å². The van der Waals surface area contributed by atoms with Gasteiger partial charge in [-0.15, -0.1) is 0 Å². The molecule has 0 fully saturated rings. The maximum atomic E-state index is 13.4. The topological polar surface area (TPSA) is 15.8 Å². The van der Waals surface area contributed by atoms with E-state index in [9.17, 15) is 4.39 Å². The van der Waals surface area contributed by atoms with E-state index in [1.165, 1.54) is 0 Å². The number of halogens is 1. The zero-order chi connectivity index (χ0) is 9.59. The highest BCUT2D eigenvalue weighted by Crippen LogP contribution is 2.24. The van der Waals surface area contributed by atoms with Crippen LogP contribution in [0.3, 0.4) is 0 Å². The fraction of sp³-hybridized carbons (Fsp3) is 0.273. The quantitative estimate of drug-likeness (QED) is 0.635. The van der Waals surface area contributed by atoms with Gasteiger partial charge in [-0.3, -0.25) is 0 Å². The molecule has 0 saturated heterocycles.